The smallest absolute Gasteiger partial charge is 0.303 e. The van der Waals surface area contributed by atoms with Crippen LogP contribution in [0.4, 0.5) is 0 Å². The zero-order valence-electron chi connectivity index (χ0n) is 7.77. The first-order chi connectivity index (χ1) is 5.13. The van der Waals surface area contributed by atoms with Gasteiger partial charge in [-0.25, -0.2) is 0 Å². The van der Waals surface area contributed by atoms with E-state index in [9.17, 15) is 4.79 Å². The van der Waals surface area contributed by atoms with Gasteiger partial charge in [0.25, 0.3) is 0 Å². The average molecular weight is 196 g/mol. The highest BCUT2D eigenvalue weighted by atomic mass is 35.5. The second-order valence-electron chi connectivity index (χ2n) is 3.16. The molecule has 0 fully saturated rings. The van der Waals surface area contributed by atoms with Gasteiger partial charge in [-0.15, -0.1) is 0 Å². The zero-order valence-corrected chi connectivity index (χ0v) is 8.52. The van der Waals surface area contributed by atoms with Crippen LogP contribution in [0.3, 0.4) is 0 Å². The fourth-order valence-corrected chi connectivity index (χ4v) is 0.932. The lowest BCUT2D eigenvalue weighted by Gasteiger charge is -2.05. The van der Waals surface area contributed by atoms with Gasteiger partial charge in [0.1, 0.15) is 0 Å². The lowest BCUT2D eigenvalue weighted by Crippen LogP contribution is -3.05. The number of carboxylic acids is 1. The van der Waals surface area contributed by atoms with Gasteiger partial charge < -0.3 is 22.4 Å². The highest BCUT2D eigenvalue weighted by Gasteiger charge is 1.97. The Labute approximate surface area is 80.2 Å². The number of unbranched alkanes of at least 4 members (excludes halogenated alkanes) is 2. The number of hydrogen-bond donors (Lipinski definition) is 2. The Morgan fingerprint density at radius 1 is 1.25 bits per heavy atom. The molecule has 74 valence electrons. The summed E-state index contributed by atoms with van der Waals surface area (Å²) in [6.07, 6.45) is 3.32. The molecule has 3 nitrogen and oxygen atoms in total. The van der Waals surface area contributed by atoms with Crippen LogP contribution in [-0.2, 0) is 4.79 Å². The normalized spacial score (nSPS) is 9.58. The molecule has 0 unspecified atom stereocenters. The molecule has 0 saturated carbocycles. The average Bonchev–Trinajstić information content (AvgIpc) is 1.85. The van der Waals surface area contributed by atoms with E-state index in [4.69, 9.17) is 5.11 Å². The Balaban J connectivity index is 0. The molecule has 0 spiro atoms. The summed E-state index contributed by atoms with van der Waals surface area (Å²) in [5, 5.41) is 8.32. The fourth-order valence-electron chi connectivity index (χ4n) is 0.932. The molecule has 0 aromatic heterocycles. The highest BCUT2D eigenvalue weighted by molar-refractivity contribution is 5.66. The molecule has 0 atom stereocenters. The van der Waals surface area contributed by atoms with E-state index in [0.717, 1.165) is 25.8 Å². The summed E-state index contributed by atoms with van der Waals surface area (Å²) in [6.45, 7) is 1.14. The molecule has 0 radical (unpaired) electrons. The minimum absolute atomic E-state index is 0. The van der Waals surface area contributed by atoms with Gasteiger partial charge >= 0.3 is 5.97 Å². The van der Waals surface area contributed by atoms with Gasteiger partial charge in [-0.1, -0.05) is 0 Å². The third-order valence-electron chi connectivity index (χ3n) is 1.57. The molecule has 0 bridgehead atoms. The quantitative estimate of drug-likeness (QED) is 0.438. The summed E-state index contributed by atoms with van der Waals surface area (Å²) in [4.78, 5) is 11.5. The molecule has 4 heteroatoms. The maximum Gasteiger partial charge on any atom is 0.303 e. The monoisotopic (exact) mass is 195 g/mol. The number of aliphatic carboxylic acids is 1. The van der Waals surface area contributed by atoms with Gasteiger partial charge in [0, 0.05) is 6.42 Å². The van der Waals surface area contributed by atoms with Crippen molar-refractivity contribution in [1.82, 2.24) is 0 Å². The molecule has 0 aliphatic carbocycles. The first-order valence-corrected chi connectivity index (χ1v) is 4.13. The van der Waals surface area contributed by atoms with E-state index in [1.165, 1.54) is 4.90 Å². The van der Waals surface area contributed by atoms with Crippen LogP contribution < -0.4 is 17.3 Å². The Bertz CT molecular complexity index is 118. The molecule has 0 aliphatic rings. The van der Waals surface area contributed by atoms with E-state index >= 15 is 0 Å². The number of hydrogen-bond acceptors (Lipinski definition) is 1. The summed E-state index contributed by atoms with van der Waals surface area (Å²) >= 11 is 0. The summed E-state index contributed by atoms with van der Waals surface area (Å²) in [7, 11) is 4.22. The van der Waals surface area contributed by atoms with Gasteiger partial charge in [0.05, 0.1) is 20.6 Å². The Hall–Kier alpha value is -0.280. The molecule has 0 aromatic carbocycles. The number of quaternary nitrogens is 1. The third-order valence-corrected chi connectivity index (χ3v) is 1.57. The van der Waals surface area contributed by atoms with Crippen LogP contribution in [0.25, 0.3) is 0 Å². The molecular weight excluding hydrogens is 178 g/mol. The maximum atomic E-state index is 10.1. The molecule has 0 aromatic rings. The lowest BCUT2D eigenvalue weighted by molar-refractivity contribution is -0.858. The lowest BCUT2D eigenvalue weighted by atomic mass is 10.2. The van der Waals surface area contributed by atoms with Gasteiger partial charge in [0.15, 0.2) is 0 Å². The fraction of sp³-hybridized carbons (Fsp3) is 0.875. The molecule has 0 aliphatic heterocycles. The molecule has 0 rings (SSSR count). The molecule has 0 heterocycles. The highest BCUT2D eigenvalue weighted by Crippen LogP contribution is 1.97. The standard InChI is InChI=1S/C8H17NO2.ClH/c1-9(2)7-5-3-4-6-8(10)11;/h3-7H2,1-2H3,(H,10,11);1H. The molecule has 0 saturated heterocycles. The molecular formula is C8H18ClNO2. The van der Waals surface area contributed by atoms with Crippen molar-refractivity contribution in [3.8, 4) is 0 Å². The molecule has 12 heavy (non-hydrogen) atoms. The number of halogens is 1. The first-order valence-electron chi connectivity index (χ1n) is 4.13. The van der Waals surface area contributed by atoms with Gasteiger partial charge in [-0.05, 0) is 19.3 Å². The predicted molar refractivity (Wildman–Crippen MR) is 43.8 cm³/mol. The van der Waals surface area contributed by atoms with Crippen LogP contribution in [0.2, 0.25) is 0 Å². The topological polar surface area (TPSA) is 41.7 Å². The summed E-state index contributed by atoms with van der Waals surface area (Å²) in [5.74, 6) is -0.679. The van der Waals surface area contributed by atoms with Crippen molar-refractivity contribution < 1.29 is 27.2 Å². The van der Waals surface area contributed by atoms with E-state index in [1.54, 1.807) is 0 Å². The van der Waals surface area contributed by atoms with Crippen LogP contribution in [0.5, 0.6) is 0 Å². The largest absolute Gasteiger partial charge is 1.00 e. The second-order valence-corrected chi connectivity index (χ2v) is 3.16. The van der Waals surface area contributed by atoms with E-state index < -0.39 is 5.97 Å². The van der Waals surface area contributed by atoms with E-state index in [2.05, 4.69) is 14.1 Å². The second kappa shape index (κ2) is 8.81. The Kier molecular flexibility index (Phi) is 10.5. The van der Waals surface area contributed by atoms with Crippen molar-refractivity contribution in [3.05, 3.63) is 0 Å². The van der Waals surface area contributed by atoms with Crippen molar-refractivity contribution >= 4 is 5.97 Å². The van der Waals surface area contributed by atoms with E-state index in [0.29, 0.717) is 6.42 Å². The van der Waals surface area contributed by atoms with E-state index in [1.807, 2.05) is 0 Å². The minimum atomic E-state index is -0.679. The van der Waals surface area contributed by atoms with Crippen LogP contribution in [0.15, 0.2) is 0 Å². The zero-order chi connectivity index (χ0) is 8.69. The van der Waals surface area contributed by atoms with Gasteiger partial charge in [-0.2, -0.15) is 0 Å². The number of rotatable bonds is 6. The third kappa shape index (κ3) is 12.4. The van der Waals surface area contributed by atoms with Crippen LogP contribution in [-0.4, -0.2) is 31.7 Å². The first kappa shape index (κ1) is 14.3. The van der Waals surface area contributed by atoms with Crippen LogP contribution in [0, 0.1) is 0 Å². The van der Waals surface area contributed by atoms with Gasteiger partial charge in [0.2, 0.25) is 0 Å². The number of carbonyl (C=O) groups is 1. The Morgan fingerprint density at radius 2 is 1.83 bits per heavy atom. The van der Waals surface area contributed by atoms with Crippen molar-refractivity contribution in [3.63, 3.8) is 0 Å². The maximum absolute atomic E-state index is 10.1. The minimum Gasteiger partial charge on any atom is -1.00 e. The van der Waals surface area contributed by atoms with Gasteiger partial charge in [-0.3, -0.25) is 4.79 Å². The summed E-state index contributed by atoms with van der Waals surface area (Å²) < 4.78 is 0. The van der Waals surface area contributed by atoms with Crippen molar-refractivity contribution in [1.29, 1.82) is 0 Å². The van der Waals surface area contributed by atoms with Crippen molar-refractivity contribution in [2.75, 3.05) is 20.6 Å². The van der Waals surface area contributed by atoms with Crippen molar-refractivity contribution in [2.24, 2.45) is 0 Å². The van der Waals surface area contributed by atoms with Crippen LogP contribution in [0.1, 0.15) is 25.7 Å². The predicted octanol–water partition coefficient (Wildman–Crippen LogP) is -3.22. The number of nitrogens with one attached hydrogen (secondary N) is 1. The molecule has 2 N–H and O–H groups in total. The number of carboxylic acid groups (broad SMARTS) is 1. The summed E-state index contributed by atoms with van der Waals surface area (Å²) in [5.41, 5.74) is 0. The van der Waals surface area contributed by atoms with E-state index in [-0.39, 0.29) is 12.4 Å². The SMILES string of the molecule is C[NH+](C)CCCCCC(=O)O.[Cl-]. The van der Waals surface area contributed by atoms with Crippen molar-refractivity contribution in [2.45, 2.75) is 25.7 Å². The molecule has 0 amide bonds. The summed E-state index contributed by atoms with van der Waals surface area (Å²) in [6, 6.07) is 0. The van der Waals surface area contributed by atoms with Crippen LogP contribution >= 0.6 is 0 Å². The Morgan fingerprint density at radius 3 is 2.25 bits per heavy atom.